The molecule has 4 aromatic rings. The van der Waals surface area contributed by atoms with Crippen molar-refractivity contribution in [3.8, 4) is 5.75 Å². The Morgan fingerprint density at radius 1 is 0.971 bits per heavy atom. The summed E-state index contributed by atoms with van der Waals surface area (Å²) in [6, 6.07) is 22.1. The molecule has 0 fully saturated rings. The fraction of sp³-hybridized carbons (Fsp3) is 0.214. The molecule has 7 heteroatoms. The number of rotatable bonds is 10. The van der Waals surface area contributed by atoms with E-state index < -0.39 is 6.04 Å². The first-order valence-electron chi connectivity index (χ1n) is 11.6. The Kier molecular flexibility index (Phi) is 7.67. The van der Waals surface area contributed by atoms with Crippen LogP contribution in [0.15, 0.2) is 79.0 Å². The number of fused-ring (bicyclic) bond motifs is 1. The molecule has 0 saturated carbocycles. The van der Waals surface area contributed by atoms with Crippen LogP contribution in [0.1, 0.15) is 21.5 Å². The third-order valence-corrected chi connectivity index (χ3v) is 5.84. The van der Waals surface area contributed by atoms with E-state index in [1.54, 1.807) is 13.2 Å². The molecule has 1 heterocycles. The number of anilines is 1. The molecular weight excluding hydrogens is 440 g/mol. The van der Waals surface area contributed by atoms with E-state index in [9.17, 15) is 9.59 Å². The number of ether oxygens (including phenoxy) is 1. The average Bonchev–Trinajstić information content (AvgIpc) is 3.29. The molecule has 35 heavy (non-hydrogen) atoms. The molecule has 180 valence electrons. The van der Waals surface area contributed by atoms with E-state index in [2.05, 4.69) is 20.9 Å². The molecule has 0 radical (unpaired) electrons. The lowest BCUT2D eigenvalue weighted by Gasteiger charge is -2.19. The number of hydrogen-bond acceptors (Lipinski definition) is 4. The van der Waals surface area contributed by atoms with Gasteiger partial charge in [-0.3, -0.25) is 9.59 Å². The maximum Gasteiger partial charge on any atom is 0.251 e. The van der Waals surface area contributed by atoms with E-state index in [1.165, 1.54) is 0 Å². The minimum Gasteiger partial charge on any atom is -0.497 e. The van der Waals surface area contributed by atoms with Crippen LogP contribution in [0.4, 0.5) is 5.69 Å². The van der Waals surface area contributed by atoms with Crippen LogP contribution in [0.2, 0.25) is 0 Å². The lowest BCUT2D eigenvalue weighted by molar-refractivity contribution is -0.122. The quantitative estimate of drug-likeness (QED) is 0.263. The van der Waals surface area contributed by atoms with Crippen molar-refractivity contribution >= 4 is 28.4 Å². The van der Waals surface area contributed by atoms with Crippen molar-refractivity contribution in [1.82, 2.24) is 15.6 Å². The van der Waals surface area contributed by atoms with Crippen LogP contribution in [0, 0.1) is 6.92 Å². The number of carbonyl (C=O) groups is 2. The Hall–Kier alpha value is -4.26. The monoisotopic (exact) mass is 470 g/mol. The molecule has 4 N–H and O–H groups in total. The summed E-state index contributed by atoms with van der Waals surface area (Å²) in [5.74, 6) is 0.284. The van der Waals surface area contributed by atoms with Crippen LogP contribution in [-0.4, -0.2) is 43.0 Å². The number of methoxy groups -OCH3 is 1. The van der Waals surface area contributed by atoms with Crippen molar-refractivity contribution in [2.45, 2.75) is 19.4 Å². The molecule has 0 spiro atoms. The van der Waals surface area contributed by atoms with Crippen LogP contribution in [0.3, 0.4) is 0 Å². The first-order chi connectivity index (χ1) is 17.0. The highest BCUT2D eigenvalue weighted by atomic mass is 16.5. The first kappa shape index (κ1) is 23.9. The average molecular weight is 471 g/mol. The molecule has 1 aromatic heterocycles. The van der Waals surface area contributed by atoms with Crippen LogP contribution in [-0.2, 0) is 11.2 Å². The summed E-state index contributed by atoms with van der Waals surface area (Å²) in [4.78, 5) is 29.3. The maximum absolute atomic E-state index is 13.2. The van der Waals surface area contributed by atoms with Gasteiger partial charge < -0.3 is 25.7 Å². The smallest absolute Gasteiger partial charge is 0.251 e. The van der Waals surface area contributed by atoms with Gasteiger partial charge in [-0.1, -0.05) is 35.9 Å². The van der Waals surface area contributed by atoms with Crippen LogP contribution < -0.4 is 20.7 Å². The second kappa shape index (κ2) is 11.2. The molecule has 1 atom stereocenters. The molecule has 3 aromatic carbocycles. The van der Waals surface area contributed by atoms with Crippen molar-refractivity contribution in [1.29, 1.82) is 0 Å². The Morgan fingerprint density at radius 2 is 1.77 bits per heavy atom. The molecule has 0 bridgehead atoms. The van der Waals surface area contributed by atoms with Crippen molar-refractivity contribution in [2.75, 3.05) is 25.5 Å². The van der Waals surface area contributed by atoms with Crippen LogP contribution >= 0.6 is 0 Å². The standard InChI is InChI=1S/C28H30N4O3/c1-19-6-5-7-20(16-19)27(33)32-26(17-21-18-31-25-9-4-3-8-24(21)25)28(34)30-15-14-29-22-10-12-23(35-2)13-11-22/h3-13,16,18,26,29,31H,14-15,17H2,1-2H3,(H,30,34)(H,32,33)/t26-/m0/s1. The predicted octanol–water partition coefficient (Wildman–Crippen LogP) is 4.05. The summed E-state index contributed by atoms with van der Waals surface area (Å²) in [7, 11) is 1.63. The summed E-state index contributed by atoms with van der Waals surface area (Å²) < 4.78 is 5.17. The number of nitrogens with one attached hydrogen (secondary N) is 4. The highest BCUT2D eigenvalue weighted by molar-refractivity contribution is 5.98. The lowest BCUT2D eigenvalue weighted by Crippen LogP contribution is -2.48. The lowest BCUT2D eigenvalue weighted by atomic mass is 10.0. The number of amides is 2. The zero-order valence-electron chi connectivity index (χ0n) is 19.9. The zero-order valence-corrected chi connectivity index (χ0v) is 19.9. The number of carbonyl (C=O) groups excluding carboxylic acids is 2. The highest BCUT2D eigenvalue weighted by Gasteiger charge is 2.23. The fourth-order valence-corrected chi connectivity index (χ4v) is 3.98. The number of aromatic nitrogens is 1. The van der Waals surface area contributed by atoms with Gasteiger partial charge in [-0.2, -0.15) is 0 Å². The normalized spacial score (nSPS) is 11.6. The van der Waals surface area contributed by atoms with E-state index in [4.69, 9.17) is 4.74 Å². The summed E-state index contributed by atoms with van der Waals surface area (Å²) >= 11 is 0. The van der Waals surface area contributed by atoms with Crippen molar-refractivity contribution in [3.05, 3.63) is 95.7 Å². The van der Waals surface area contributed by atoms with Gasteiger partial charge in [-0.05, 0) is 55.0 Å². The first-order valence-corrected chi connectivity index (χ1v) is 11.6. The third-order valence-electron chi connectivity index (χ3n) is 5.84. The van der Waals surface area contributed by atoms with Crippen LogP contribution in [0.5, 0.6) is 5.75 Å². The topological polar surface area (TPSA) is 95.2 Å². The summed E-state index contributed by atoms with van der Waals surface area (Å²) in [6.45, 7) is 2.89. The van der Waals surface area contributed by atoms with E-state index in [0.717, 1.165) is 33.5 Å². The highest BCUT2D eigenvalue weighted by Crippen LogP contribution is 2.19. The second-order valence-electron chi connectivity index (χ2n) is 8.41. The molecule has 0 aliphatic heterocycles. The SMILES string of the molecule is COc1ccc(NCCNC(=O)[C@H](Cc2c[nH]c3ccccc23)NC(=O)c2cccc(C)c2)cc1. The van der Waals surface area contributed by atoms with Crippen molar-refractivity contribution in [2.24, 2.45) is 0 Å². The molecular formula is C28H30N4O3. The fourth-order valence-electron chi connectivity index (χ4n) is 3.98. The van der Waals surface area contributed by atoms with Crippen molar-refractivity contribution in [3.63, 3.8) is 0 Å². The molecule has 0 aliphatic rings. The largest absolute Gasteiger partial charge is 0.497 e. The molecule has 4 rings (SSSR count). The van der Waals surface area contributed by atoms with E-state index in [0.29, 0.717) is 25.1 Å². The number of H-pyrrole nitrogens is 1. The number of aromatic amines is 1. The molecule has 2 amide bonds. The van der Waals surface area contributed by atoms with Gasteiger partial charge in [0, 0.05) is 47.9 Å². The minimum absolute atomic E-state index is 0.229. The maximum atomic E-state index is 13.2. The van der Waals surface area contributed by atoms with E-state index in [-0.39, 0.29) is 11.8 Å². The van der Waals surface area contributed by atoms with Gasteiger partial charge in [0.2, 0.25) is 5.91 Å². The van der Waals surface area contributed by atoms with Gasteiger partial charge in [0.1, 0.15) is 11.8 Å². The van der Waals surface area contributed by atoms with E-state index >= 15 is 0 Å². The van der Waals surface area contributed by atoms with Gasteiger partial charge >= 0.3 is 0 Å². The van der Waals surface area contributed by atoms with Crippen molar-refractivity contribution < 1.29 is 14.3 Å². The Bertz CT molecular complexity index is 1300. The molecule has 0 unspecified atom stereocenters. The molecule has 0 aliphatic carbocycles. The minimum atomic E-state index is -0.719. The molecule has 0 saturated heterocycles. The number of para-hydroxylation sites is 1. The number of hydrogen-bond donors (Lipinski definition) is 4. The van der Waals surface area contributed by atoms with Gasteiger partial charge in [0.05, 0.1) is 7.11 Å². The predicted molar refractivity (Wildman–Crippen MR) is 139 cm³/mol. The Balaban J connectivity index is 1.42. The van der Waals surface area contributed by atoms with Gasteiger partial charge in [-0.15, -0.1) is 0 Å². The molecule has 7 nitrogen and oxygen atoms in total. The second-order valence-corrected chi connectivity index (χ2v) is 8.41. The van der Waals surface area contributed by atoms with Gasteiger partial charge in [0.15, 0.2) is 0 Å². The Labute approximate surface area is 204 Å². The summed E-state index contributed by atoms with van der Waals surface area (Å²) in [5, 5.41) is 10.2. The number of aryl methyl sites for hydroxylation is 1. The number of benzene rings is 3. The Morgan fingerprint density at radius 3 is 2.54 bits per heavy atom. The zero-order chi connectivity index (χ0) is 24.6. The third kappa shape index (κ3) is 6.20. The summed E-state index contributed by atoms with van der Waals surface area (Å²) in [5.41, 5.74) is 4.42. The summed E-state index contributed by atoms with van der Waals surface area (Å²) in [6.07, 6.45) is 2.27. The van der Waals surface area contributed by atoms with E-state index in [1.807, 2.05) is 79.9 Å². The van der Waals surface area contributed by atoms with Gasteiger partial charge in [-0.25, -0.2) is 0 Å². The van der Waals surface area contributed by atoms with Crippen LogP contribution in [0.25, 0.3) is 10.9 Å². The van der Waals surface area contributed by atoms with Gasteiger partial charge in [0.25, 0.3) is 5.91 Å².